The summed E-state index contributed by atoms with van der Waals surface area (Å²) in [6.07, 6.45) is 0. The van der Waals surface area contributed by atoms with Crippen LogP contribution in [0.4, 0.5) is 5.69 Å². The molecule has 2 rings (SSSR count). The number of sulfonamides is 1. The first-order valence-electron chi connectivity index (χ1n) is 6.49. The molecule has 110 valence electrons. The van der Waals surface area contributed by atoms with Crippen LogP contribution in [0.2, 0.25) is 0 Å². The predicted molar refractivity (Wildman–Crippen MR) is 76.8 cm³/mol. The Labute approximate surface area is 119 Å². The number of amides is 1. The number of rotatable bonds is 5. The summed E-state index contributed by atoms with van der Waals surface area (Å²) in [6.45, 7) is 3.64. The molecule has 1 fully saturated rings. The maximum absolute atomic E-state index is 12.0. The maximum Gasteiger partial charge on any atom is 0.240 e. The molecule has 6 nitrogen and oxygen atoms in total. The highest BCUT2D eigenvalue weighted by Gasteiger charge is 2.28. The zero-order valence-corrected chi connectivity index (χ0v) is 12.3. The molecule has 1 amide bonds. The van der Waals surface area contributed by atoms with Crippen molar-refractivity contribution in [3.8, 4) is 0 Å². The lowest BCUT2D eigenvalue weighted by Crippen LogP contribution is -2.48. The van der Waals surface area contributed by atoms with Gasteiger partial charge in [0.15, 0.2) is 0 Å². The van der Waals surface area contributed by atoms with E-state index < -0.39 is 10.0 Å². The standard InChI is InChI=1S/C13H19N3O3S/c1-9(10-7-15-8-10)13(17)16-11-3-5-12(6-4-11)20(18,19)14-2/h3-6,9-10,14-15H,7-8H2,1-2H3,(H,16,17). The summed E-state index contributed by atoms with van der Waals surface area (Å²) in [6, 6.07) is 6.12. The zero-order valence-electron chi connectivity index (χ0n) is 11.5. The Kier molecular flexibility index (Phi) is 4.42. The normalized spacial score (nSPS) is 17.3. The average molecular weight is 297 g/mol. The van der Waals surface area contributed by atoms with Crippen LogP contribution in [-0.2, 0) is 14.8 Å². The Morgan fingerprint density at radius 3 is 2.35 bits per heavy atom. The smallest absolute Gasteiger partial charge is 0.240 e. The van der Waals surface area contributed by atoms with E-state index in [2.05, 4.69) is 15.4 Å². The summed E-state index contributed by atoms with van der Waals surface area (Å²) in [5.74, 6) is 0.275. The van der Waals surface area contributed by atoms with E-state index in [1.807, 2.05) is 6.92 Å². The summed E-state index contributed by atoms with van der Waals surface area (Å²) in [4.78, 5) is 12.2. The van der Waals surface area contributed by atoms with E-state index in [4.69, 9.17) is 0 Å². The summed E-state index contributed by atoms with van der Waals surface area (Å²) < 4.78 is 25.4. The second-order valence-electron chi connectivity index (χ2n) is 4.93. The molecule has 7 heteroatoms. The fourth-order valence-electron chi connectivity index (χ4n) is 1.97. The maximum atomic E-state index is 12.0. The van der Waals surface area contributed by atoms with Crippen molar-refractivity contribution >= 4 is 21.6 Å². The summed E-state index contributed by atoms with van der Waals surface area (Å²) >= 11 is 0. The minimum absolute atomic E-state index is 0.0410. The lowest BCUT2D eigenvalue weighted by Gasteiger charge is -2.31. The molecule has 0 bridgehead atoms. The topological polar surface area (TPSA) is 87.3 Å². The SMILES string of the molecule is CNS(=O)(=O)c1ccc(NC(=O)C(C)C2CNC2)cc1. The van der Waals surface area contributed by atoms with Crippen molar-refractivity contribution < 1.29 is 13.2 Å². The second kappa shape index (κ2) is 5.90. The highest BCUT2D eigenvalue weighted by molar-refractivity contribution is 7.89. The van der Waals surface area contributed by atoms with Gasteiger partial charge in [0.2, 0.25) is 15.9 Å². The van der Waals surface area contributed by atoms with Crippen LogP contribution in [0.5, 0.6) is 0 Å². The van der Waals surface area contributed by atoms with Crippen LogP contribution in [0, 0.1) is 11.8 Å². The minimum atomic E-state index is -3.44. The van der Waals surface area contributed by atoms with Gasteiger partial charge in [-0.25, -0.2) is 13.1 Å². The van der Waals surface area contributed by atoms with Gasteiger partial charge < -0.3 is 10.6 Å². The molecule has 1 aliphatic heterocycles. The molecule has 0 aliphatic carbocycles. The van der Waals surface area contributed by atoms with E-state index in [9.17, 15) is 13.2 Å². The molecule has 1 aromatic carbocycles. The number of carbonyl (C=O) groups is 1. The van der Waals surface area contributed by atoms with Crippen molar-refractivity contribution in [1.29, 1.82) is 0 Å². The van der Waals surface area contributed by atoms with Crippen molar-refractivity contribution in [1.82, 2.24) is 10.0 Å². The van der Waals surface area contributed by atoms with Crippen LogP contribution in [0.15, 0.2) is 29.2 Å². The molecule has 1 heterocycles. The first-order chi connectivity index (χ1) is 9.44. The Bertz CT molecular complexity index is 579. The van der Waals surface area contributed by atoms with E-state index in [0.29, 0.717) is 11.6 Å². The van der Waals surface area contributed by atoms with Crippen molar-refractivity contribution in [3.05, 3.63) is 24.3 Å². The Balaban J connectivity index is 2.02. The molecule has 3 N–H and O–H groups in total. The predicted octanol–water partition coefficient (Wildman–Crippen LogP) is 0.389. The second-order valence-corrected chi connectivity index (χ2v) is 6.81. The molecule has 1 unspecified atom stereocenters. The van der Waals surface area contributed by atoms with Crippen LogP contribution in [0.1, 0.15) is 6.92 Å². The van der Waals surface area contributed by atoms with Gasteiger partial charge in [-0.15, -0.1) is 0 Å². The zero-order chi connectivity index (χ0) is 14.8. The third-order valence-corrected chi connectivity index (χ3v) is 5.06. The first kappa shape index (κ1) is 15.0. The molecule has 1 atom stereocenters. The highest BCUT2D eigenvalue weighted by atomic mass is 32.2. The molecule has 20 heavy (non-hydrogen) atoms. The van der Waals surface area contributed by atoms with E-state index in [1.54, 1.807) is 12.1 Å². The van der Waals surface area contributed by atoms with E-state index in [0.717, 1.165) is 13.1 Å². The number of hydrogen-bond acceptors (Lipinski definition) is 4. The van der Waals surface area contributed by atoms with Gasteiger partial charge in [0.25, 0.3) is 0 Å². The molecular formula is C13H19N3O3S. The van der Waals surface area contributed by atoms with Crippen molar-refractivity contribution in [2.75, 3.05) is 25.5 Å². The van der Waals surface area contributed by atoms with Gasteiger partial charge >= 0.3 is 0 Å². The monoisotopic (exact) mass is 297 g/mol. The first-order valence-corrected chi connectivity index (χ1v) is 7.97. The fourth-order valence-corrected chi connectivity index (χ4v) is 2.70. The van der Waals surface area contributed by atoms with Crippen LogP contribution in [-0.4, -0.2) is 34.5 Å². The van der Waals surface area contributed by atoms with E-state index >= 15 is 0 Å². The van der Waals surface area contributed by atoms with E-state index in [-0.39, 0.29) is 16.7 Å². The molecular weight excluding hydrogens is 278 g/mol. The fraction of sp³-hybridized carbons (Fsp3) is 0.462. The van der Waals surface area contributed by atoms with Gasteiger partial charge in [-0.3, -0.25) is 4.79 Å². The lowest BCUT2D eigenvalue weighted by molar-refractivity contribution is -0.121. The van der Waals surface area contributed by atoms with Gasteiger partial charge in [-0.2, -0.15) is 0 Å². The van der Waals surface area contributed by atoms with Crippen molar-refractivity contribution in [2.45, 2.75) is 11.8 Å². The van der Waals surface area contributed by atoms with Crippen molar-refractivity contribution in [2.24, 2.45) is 11.8 Å². The number of anilines is 1. The number of carbonyl (C=O) groups excluding carboxylic acids is 1. The van der Waals surface area contributed by atoms with Gasteiger partial charge in [0.05, 0.1) is 4.90 Å². The van der Waals surface area contributed by atoms with Gasteiger partial charge in [-0.05, 0) is 50.3 Å². The molecule has 1 aromatic rings. The molecule has 0 saturated carbocycles. The lowest BCUT2D eigenvalue weighted by atomic mass is 9.88. The number of hydrogen-bond donors (Lipinski definition) is 3. The minimum Gasteiger partial charge on any atom is -0.326 e. The molecule has 1 aliphatic rings. The molecule has 0 radical (unpaired) electrons. The third kappa shape index (κ3) is 3.17. The quantitative estimate of drug-likeness (QED) is 0.733. The largest absolute Gasteiger partial charge is 0.326 e. The van der Waals surface area contributed by atoms with Gasteiger partial charge in [0, 0.05) is 11.6 Å². The Morgan fingerprint density at radius 1 is 1.30 bits per heavy atom. The van der Waals surface area contributed by atoms with Gasteiger partial charge in [-0.1, -0.05) is 6.92 Å². The van der Waals surface area contributed by atoms with E-state index in [1.165, 1.54) is 19.2 Å². The summed E-state index contributed by atoms with van der Waals surface area (Å²) in [7, 11) is -2.08. The van der Waals surface area contributed by atoms with Crippen molar-refractivity contribution in [3.63, 3.8) is 0 Å². The third-order valence-electron chi connectivity index (χ3n) is 3.63. The molecule has 1 saturated heterocycles. The number of benzene rings is 1. The summed E-state index contributed by atoms with van der Waals surface area (Å²) in [5, 5.41) is 5.94. The van der Waals surface area contributed by atoms with Crippen LogP contribution in [0.3, 0.4) is 0 Å². The number of nitrogens with one attached hydrogen (secondary N) is 3. The Morgan fingerprint density at radius 2 is 1.90 bits per heavy atom. The highest BCUT2D eigenvalue weighted by Crippen LogP contribution is 2.19. The molecule has 0 spiro atoms. The average Bonchev–Trinajstić information content (AvgIpc) is 2.37. The van der Waals surface area contributed by atoms with Crippen LogP contribution < -0.4 is 15.4 Å². The summed E-state index contributed by atoms with van der Waals surface area (Å²) in [5.41, 5.74) is 0.601. The van der Waals surface area contributed by atoms with Crippen LogP contribution >= 0.6 is 0 Å². The van der Waals surface area contributed by atoms with Crippen LogP contribution in [0.25, 0.3) is 0 Å². The molecule has 0 aromatic heterocycles. The van der Waals surface area contributed by atoms with Gasteiger partial charge in [0.1, 0.15) is 0 Å². The Hall–Kier alpha value is -1.44.